The Hall–Kier alpha value is -1.73. The second kappa shape index (κ2) is 6.12. The number of hydrogen-bond acceptors (Lipinski definition) is 4. The van der Waals surface area contributed by atoms with Gasteiger partial charge in [0.15, 0.2) is 0 Å². The number of ether oxygens (including phenoxy) is 1. The Morgan fingerprint density at radius 3 is 2.94 bits per heavy atom. The summed E-state index contributed by atoms with van der Waals surface area (Å²) in [7, 11) is 1.35. The number of nitriles is 1. The molecular formula is C12H13ClN2O2. The molecule has 0 heterocycles. The van der Waals surface area contributed by atoms with Gasteiger partial charge in [0.2, 0.25) is 0 Å². The number of nitrogens with one attached hydrogen (secondary N) is 1. The van der Waals surface area contributed by atoms with Gasteiger partial charge in [-0.25, -0.2) is 0 Å². The summed E-state index contributed by atoms with van der Waals surface area (Å²) >= 11 is 5.98. The number of anilines is 1. The van der Waals surface area contributed by atoms with Gasteiger partial charge in [-0.15, -0.1) is 0 Å². The molecule has 1 aromatic carbocycles. The molecule has 0 saturated heterocycles. The molecule has 1 atom stereocenters. The lowest BCUT2D eigenvalue weighted by Crippen LogP contribution is -2.20. The molecule has 0 aliphatic carbocycles. The largest absolute Gasteiger partial charge is 0.469 e. The van der Waals surface area contributed by atoms with E-state index in [0.29, 0.717) is 16.3 Å². The Labute approximate surface area is 105 Å². The predicted molar refractivity (Wildman–Crippen MR) is 65.9 cm³/mol. The lowest BCUT2D eigenvalue weighted by Gasteiger charge is -2.15. The molecule has 0 fully saturated rings. The van der Waals surface area contributed by atoms with Gasteiger partial charge in [-0.1, -0.05) is 11.6 Å². The monoisotopic (exact) mass is 252 g/mol. The van der Waals surface area contributed by atoms with Crippen molar-refractivity contribution in [3.05, 3.63) is 28.8 Å². The topological polar surface area (TPSA) is 62.1 Å². The summed E-state index contributed by atoms with van der Waals surface area (Å²) in [4.78, 5) is 11.1. The minimum Gasteiger partial charge on any atom is -0.469 e. The van der Waals surface area contributed by atoms with Gasteiger partial charge in [-0.3, -0.25) is 4.79 Å². The van der Waals surface area contributed by atoms with E-state index in [-0.39, 0.29) is 18.4 Å². The highest BCUT2D eigenvalue weighted by molar-refractivity contribution is 6.33. The van der Waals surface area contributed by atoms with E-state index in [9.17, 15) is 4.79 Å². The number of carbonyl (C=O) groups is 1. The smallest absolute Gasteiger partial charge is 0.307 e. The molecule has 0 aromatic heterocycles. The van der Waals surface area contributed by atoms with Crippen molar-refractivity contribution >= 4 is 23.3 Å². The van der Waals surface area contributed by atoms with Crippen LogP contribution in [-0.4, -0.2) is 19.1 Å². The Bertz CT molecular complexity index is 454. The number of halogens is 1. The Morgan fingerprint density at radius 1 is 1.65 bits per heavy atom. The van der Waals surface area contributed by atoms with Crippen LogP contribution in [0.2, 0.25) is 5.02 Å². The first kappa shape index (κ1) is 13.3. The number of methoxy groups -OCH3 is 1. The summed E-state index contributed by atoms with van der Waals surface area (Å²) in [5, 5.41) is 12.4. The lowest BCUT2D eigenvalue weighted by molar-refractivity contribution is -0.140. The Balaban J connectivity index is 2.74. The molecule has 17 heavy (non-hydrogen) atoms. The number of nitrogens with zero attached hydrogens (tertiary/aromatic N) is 1. The maximum Gasteiger partial charge on any atom is 0.307 e. The van der Waals surface area contributed by atoms with E-state index in [2.05, 4.69) is 10.1 Å². The molecule has 4 nitrogen and oxygen atoms in total. The van der Waals surface area contributed by atoms with Crippen molar-refractivity contribution in [3.8, 4) is 6.07 Å². The highest BCUT2D eigenvalue weighted by Gasteiger charge is 2.10. The van der Waals surface area contributed by atoms with Gasteiger partial charge < -0.3 is 10.1 Å². The third-order valence-electron chi connectivity index (χ3n) is 2.20. The second-order valence-corrected chi connectivity index (χ2v) is 4.04. The molecular weight excluding hydrogens is 240 g/mol. The van der Waals surface area contributed by atoms with Crippen LogP contribution in [0.3, 0.4) is 0 Å². The first-order valence-corrected chi connectivity index (χ1v) is 5.47. The second-order valence-electron chi connectivity index (χ2n) is 3.63. The van der Waals surface area contributed by atoms with Crippen molar-refractivity contribution in [2.24, 2.45) is 0 Å². The van der Waals surface area contributed by atoms with E-state index < -0.39 is 0 Å². The van der Waals surface area contributed by atoms with Crippen LogP contribution < -0.4 is 5.32 Å². The van der Waals surface area contributed by atoms with E-state index in [1.165, 1.54) is 7.11 Å². The minimum atomic E-state index is -0.294. The Kier molecular flexibility index (Phi) is 4.80. The average Bonchev–Trinajstić information content (AvgIpc) is 2.31. The van der Waals surface area contributed by atoms with Crippen LogP contribution in [0.25, 0.3) is 0 Å². The molecule has 0 aliphatic rings. The molecule has 0 radical (unpaired) electrons. The maximum absolute atomic E-state index is 11.1. The van der Waals surface area contributed by atoms with Crippen LogP contribution in [0.5, 0.6) is 0 Å². The molecule has 1 N–H and O–H groups in total. The molecule has 1 unspecified atom stereocenters. The summed E-state index contributed by atoms with van der Waals surface area (Å²) in [6.45, 7) is 1.84. The van der Waals surface area contributed by atoms with Crippen molar-refractivity contribution in [3.63, 3.8) is 0 Å². The van der Waals surface area contributed by atoms with Gasteiger partial charge in [-0.05, 0) is 25.1 Å². The summed E-state index contributed by atoms with van der Waals surface area (Å²) in [5.74, 6) is -0.294. The van der Waals surface area contributed by atoms with Gasteiger partial charge in [0, 0.05) is 6.04 Å². The van der Waals surface area contributed by atoms with Crippen molar-refractivity contribution in [2.45, 2.75) is 19.4 Å². The fraction of sp³-hybridized carbons (Fsp3) is 0.333. The number of carbonyl (C=O) groups excluding carboxylic acids is 1. The Morgan fingerprint density at radius 2 is 2.35 bits per heavy atom. The van der Waals surface area contributed by atoms with Crippen LogP contribution in [0.4, 0.5) is 5.69 Å². The number of rotatable bonds is 4. The van der Waals surface area contributed by atoms with Crippen molar-refractivity contribution < 1.29 is 9.53 Å². The fourth-order valence-electron chi connectivity index (χ4n) is 1.36. The summed E-state index contributed by atoms with van der Waals surface area (Å²) in [5.41, 5.74) is 1.16. The van der Waals surface area contributed by atoms with E-state index in [1.54, 1.807) is 18.2 Å². The van der Waals surface area contributed by atoms with Crippen molar-refractivity contribution in [2.75, 3.05) is 12.4 Å². The predicted octanol–water partition coefficient (Wildman–Crippen LogP) is 2.58. The zero-order chi connectivity index (χ0) is 12.8. The molecule has 0 saturated carbocycles. The van der Waals surface area contributed by atoms with Gasteiger partial charge in [0.05, 0.1) is 35.9 Å². The summed E-state index contributed by atoms with van der Waals surface area (Å²) in [6, 6.07) is 6.85. The highest BCUT2D eigenvalue weighted by atomic mass is 35.5. The van der Waals surface area contributed by atoms with Gasteiger partial charge >= 0.3 is 5.97 Å². The summed E-state index contributed by atoms with van der Waals surface area (Å²) < 4.78 is 4.57. The van der Waals surface area contributed by atoms with E-state index in [4.69, 9.17) is 16.9 Å². The normalized spacial score (nSPS) is 11.4. The average molecular weight is 253 g/mol. The van der Waals surface area contributed by atoms with Crippen LogP contribution in [0.1, 0.15) is 18.9 Å². The molecule has 1 aromatic rings. The highest BCUT2D eigenvalue weighted by Crippen LogP contribution is 2.23. The third-order valence-corrected chi connectivity index (χ3v) is 2.53. The lowest BCUT2D eigenvalue weighted by atomic mass is 10.2. The van der Waals surface area contributed by atoms with Crippen molar-refractivity contribution in [1.29, 1.82) is 5.26 Å². The molecule has 0 amide bonds. The molecule has 0 aliphatic heterocycles. The fourth-order valence-corrected chi connectivity index (χ4v) is 1.53. The minimum absolute atomic E-state index is 0.117. The van der Waals surface area contributed by atoms with E-state index >= 15 is 0 Å². The van der Waals surface area contributed by atoms with Crippen LogP contribution in [0.15, 0.2) is 18.2 Å². The SMILES string of the molecule is COC(=O)CC(C)Nc1cc(C#N)ccc1Cl. The first-order chi connectivity index (χ1) is 8.06. The van der Waals surface area contributed by atoms with E-state index in [1.807, 2.05) is 13.0 Å². The molecule has 1 rings (SSSR count). The maximum atomic E-state index is 11.1. The quantitative estimate of drug-likeness (QED) is 0.837. The zero-order valence-electron chi connectivity index (χ0n) is 9.66. The number of benzene rings is 1. The van der Waals surface area contributed by atoms with E-state index in [0.717, 1.165) is 0 Å². The summed E-state index contributed by atoms with van der Waals surface area (Å²) in [6.07, 6.45) is 0.240. The first-order valence-electron chi connectivity index (χ1n) is 5.09. The molecule has 0 spiro atoms. The number of hydrogen-bond donors (Lipinski definition) is 1. The zero-order valence-corrected chi connectivity index (χ0v) is 10.4. The molecule has 5 heteroatoms. The molecule has 90 valence electrons. The van der Waals surface area contributed by atoms with Crippen LogP contribution >= 0.6 is 11.6 Å². The van der Waals surface area contributed by atoms with Gasteiger partial charge in [-0.2, -0.15) is 5.26 Å². The van der Waals surface area contributed by atoms with Crippen molar-refractivity contribution in [1.82, 2.24) is 0 Å². The van der Waals surface area contributed by atoms with Crippen LogP contribution in [0, 0.1) is 11.3 Å². The van der Waals surface area contributed by atoms with Crippen LogP contribution in [-0.2, 0) is 9.53 Å². The standard InChI is InChI=1S/C12H13ClN2O2/c1-8(5-12(16)17-2)15-11-6-9(7-14)3-4-10(11)13/h3-4,6,8,15H,5H2,1-2H3. The molecule has 0 bridgehead atoms. The van der Waals surface area contributed by atoms with Gasteiger partial charge in [0.25, 0.3) is 0 Å². The third kappa shape index (κ3) is 3.97. The van der Waals surface area contributed by atoms with Gasteiger partial charge in [0.1, 0.15) is 0 Å². The number of esters is 1.